The van der Waals surface area contributed by atoms with Crippen LogP contribution in [0, 0.1) is 0 Å². The van der Waals surface area contributed by atoms with Crippen LogP contribution in [0.25, 0.3) is 22.3 Å². The molecule has 23 heavy (non-hydrogen) atoms. The van der Waals surface area contributed by atoms with Crippen LogP contribution >= 0.6 is 0 Å². The number of nitrogens with one attached hydrogen (secondary N) is 5. The van der Waals surface area contributed by atoms with Gasteiger partial charge in [0.25, 0.3) is 5.56 Å². The van der Waals surface area contributed by atoms with Crippen molar-refractivity contribution in [3.63, 3.8) is 0 Å². The molecule has 4 aromatic heterocycles. The Morgan fingerprint density at radius 1 is 0.870 bits per heavy atom. The van der Waals surface area contributed by atoms with Crippen LogP contribution in [0.2, 0.25) is 0 Å². The molecule has 13 heteroatoms. The second-order valence-electron chi connectivity index (χ2n) is 4.57. The highest BCUT2D eigenvalue weighted by atomic mass is 16.2. The lowest BCUT2D eigenvalue weighted by molar-refractivity contribution is 0.607. The van der Waals surface area contributed by atoms with Crippen LogP contribution in [0.3, 0.4) is 0 Å². The van der Waals surface area contributed by atoms with E-state index in [9.17, 15) is 24.0 Å². The largest absolute Gasteiger partial charge is 0.349 e. The fraction of sp³-hybridized carbons (Fsp3) is 0. The van der Waals surface area contributed by atoms with Gasteiger partial charge in [-0.1, -0.05) is 0 Å². The number of fused-ring (bicyclic) bond motifs is 2. The summed E-state index contributed by atoms with van der Waals surface area (Å²) < 4.78 is 1.48. The molecule has 0 radical (unpaired) electrons. The van der Waals surface area contributed by atoms with Crippen molar-refractivity contribution in [2.45, 2.75) is 0 Å². The lowest BCUT2D eigenvalue weighted by atomic mass is 10.5. The molecule has 0 aliphatic carbocycles. The van der Waals surface area contributed by atoms with Crippen molar-refractivity contribution in [2.24, 2.45) is 0 Å². The predicted octanol–water partition coefficient (Wildman–Crippen LogP) is -3.26. The van der Waals surface area contributed by atoms with Crippen LogP contribution in [-0.2, 0) is 0 Å². The Morgan fingerprint density at radius 2 is 1.61 bits per heavy atom. The lowest BCUT2D eigenvalue weighted by Gasteiger charge is -2.05. The van der Waals surface area contributed by atoms with E-state index in [4.69, 9.17) is 0 Å². The summed E-state index contributed by atoms with van der Waals surface area (Å²) in [4.78, 5) is 73.6. The summed E-state index contributed by atoms with van der Waals surface area (Å²) in [7, 11) is 0. The molecule has 116 valence electrons. The Labute approximate surface area is 121 Å². The first kappa shape index (κ1) is 12.8. The minimum absolute atomic E-state index is 0.0722. The van der Waals surface area contributed by atoms with Crippen molar-refractivity contribution in [3.8, 4) is 0 Å². The van der Waals surface area contributed by atoms with E-state index >= 15 is 0 Å². The van der Waals surface area contributed by atoms with E-state index in [0.717, 1.165) is 11.0 Å². The topological polar surface area (TPSA) is 187 Å². The minimum Gasteiger partial charge on any atom is -0.300 e. The summed E-state index contributed by atoms with van der Waals surface area (Å²) in [5.74, 6) is 0. The van der Waals surface area contributed by atoms with Crippen molar-refractivity contribution in [3.05, 3.63) is 58.5 Å². The number of hydrogen-bond acceptors (Lipinski definition) is 6. The molecule has 0 aliphatic rings. The number of H-pyrrole nitrogens is 5. The standard InChI is InChI=1S/C10H6N8O5/c19-6-3-5(15-9(22)16-6)17(1-11-3)18-7(20)2-4(14-10(18)23)13-8(21)12-2/h1H,(H,14,23)(H2,12,13,21)(H2,15,16,19,22). The quantitative estimate of drug-likeness (QED) is 0.245. The number of nitrogens with zero attached hydrogens (tertiary/aromatic N) is 3. The lowest BCUT2D eigenvalue weighted by Crippen LogP contribution is -2.39. The number of aromatic amines is 5. The summed E-state index contributed by atoms with van der Waals surface area (Å²) in [6, 6.07) is 0. The zero-order chi connectivity index (χ0) is 16.3. The molecule has 4 aromatic rings. The summed E-state index contributed by atoms with van der Waals surface area (Å²) in [5, 5.41) is 0. The minimum atomic E-state index is -0.904. The molecule has 13 nitrogen and oxygen atoms in total. The third kappa shape index (κ3) is 1.66. The Bertz CT molecular complexity index is 1370. The van der Waals surface area contributed by atoms with Gasteiger partial charge in [-0.05, 0) is 0 Å². The van der Waals surface area contributed by atoms with Gasteiger partial charge < -0.3 is 0 Å². The molecule has 0 amide bonds. The molecule has 0 saturated heterocycles. The van der Waals surface area contributed by atoms with Gasteiger partial charge in [0.2, 0.25) is 0 Å². The molecule has 4 rings (SSSR count). The molecular weight excluding hydrogens is 312 g/mol. The highest BCUT2D eigenvalue weighted by molar-refractivity contribution is 5.70. The van der Waals surface area contributed by atoms with Crippen LogP contribution in [0.4, 0.5) is 0 Å². The molecule has 0 aliphatic heterocycles. The smallest absolute Gasteiger partial charge is 0.300 e. The molecule has 0 fully saturated rings. The van der Waals surface area contributed by atoms with E-state index < -0.39 is 28.2 Å². The van der Waals surface area contributed by atoms with Gasteiger partial charge in [-0.25, -0.2) is 24.0 Å². The molecule has 0 spiro atoms. The zero-order valence-electron chi connectivity index (χ0n) is 11.0. The van der Waals surface area contributed by atoms with E-state index in [1.807, 2.05) is 4.98 Å². The van der Waals surface area contributed by atoms with Crippen LogP contribution < -0.4 is 28.2 Å². The summed E-state index contributed by atoms with van der Waals surface area (Å²) in [5.41, 5.74) is -4.62. The summed E-state index contributed by atoms with van der Waals surface area (Å²) in [6.45, 7) is 0. The molecule has 5 N–H and O–H groups in total. The monoisotopic (exact) mass is 318 g/mol. The first-order valence-electron chi connectivity index (χ1n) is 6.13. The van der Waals surface area contributed by atoms with Crippen LogP contribution in [0.5, 0.6) is 0 Å². The number of aromatic nitrogens is 8. The van der Waals surface area contributed by atoms with Crippen molar-refractivity contribution in [2.75, 3.05) is 0 Å². The van der Waals surface area contributed by atoms with E-state index in [0.29, 0.717) is 4.68 Å². The van der Waals surface area contributed by atoms with Gasteiger partial charge in [0.1, 0.15) is 12.0 Å². The van der Waals surface area contributed by atoms with Gasteiger partial charge in [0.15, 0.2) is 16.7 Å². The third-order valence-corrected chi connectivity index (χ3v) is 3.20. The van der Waals surface area contributed by atoms with E-state index in [2.05, 4.69) is 24.9 Å². The molecular formula is C10H6N8O5. The normalized spacial score (nSPS) is 11.5. The van der Waals surface area contributed by atoms with Gasteiger partial charge in [-0.15, -0.1) is 0 Å². The number of rotatable bonds is 1. The van der Waals surface area contributed by atoms with Gasteiger partial charge >= 0.3 is 22.6 Å². The molecule has 0 aromatic carbocycles. The maximum Gasteiger partial charge on any atom is 0.349 e. The maximum absolute atomic E-state index is 12.4. The summed E-state index contributed by atoms with van der Waals surface area (Å²) >= 11 is 0. The number of imidazole rings is 2. The van der Waals surface area contributed by atoms with Crippen molar-refractivity contribution in [1.82, 2.24) is 39.3 Å². The van der Waals surface area contributed by atoms with E-state index in [1.54, 1.807) is 0 Å². The van der Waals surface area contributed by atoms with Crippen LogP contribution in [0.15, 0.2) is 30.3 Å². The fourth-order valence-electron chi connectivity index (χ4n) is 2.27. The van der Waals surface area contributed by atoms with Crippen molar-refractivity contribution >= 4 is 22.3 Å². The Kier molecular flexibility index (Phi) is 2.26. The average Bonchev–Trinajstić information content (AvgIpc) is 3.03. The van der Waals surface area contributed by atoms with Crippen LogP contribution in [0.1, 0.15) is 0 Å². The van der Waals surface area contributed by atoms with Gasteiger partial charge in [0, 0.05) is 0 Å². The predicted molar refractivity (Wildman–Crippen MR) is 75.6 cm³/mol. The van der Waals surface area contributed by atoms with E-state index in [-0.39, 0.29) is 22.3 Å². The first-order chi connectivity index (χ1) is 11.0. The first-order valence-corrected chi connectivity index (χ1v) is 6.13. The van der Waals surface area contributed by atoms with Crippen molar-refractivity contribution < 1.29 is 0 Å². The van der Waals surface area contributed by atoms with Crippen LogP contribution in [-0.4, -0.2) is 39.3 Å². The third-order valence-electron chi connectivity index (χ3n) is 3.20. The highest BCUT2D eigenvalue weighted by Gasteiger charge is 2.15. The average molecular weight is 318 g/mol. The SMILES string of the molecule is O=c1[nH]c2[nH]c(=O)n(-n3cnc4c(=O)[nH]c(=O)[nH]c43)c(=O)c2[nH]1. The molecule has 0 unspecified atom stereocenters. The van der Waals surface area contributed by atoms with E-state index in [1.165, 1.54) is 0 Å². The molecule has 0 saturated carbocycles. The Hall–Kier alpha value is -3.90. The second-order valence-corrected chi connectivity index (χ2v) is 4.57. The fourth-order valence-corrected chi connectivity index (χ4v) is 2.27. The molecule has 0 atom stereocenters. The summed E-state index contributed by atoms with van der Waals surface area (Å²) in [6.07, 6.45) is 1.02. The molecule has 4 heterocycles. The molecule has 0 bridgehead atoms. The maximum atomic E-state index is 12.4. The number of hydrogen-bond donors (Lipinski definition) is 5. The van der Waals surface area contributed by atoms with Gasteiger partial charge in [-0.3, -0.25) is 34.5 Å². The highest BCUT2D eigenvalue weighted by Crippen LogP contribution is 2.01. The Balaban J connectivity index is 2.21. The van der Waals surface area contributed by atoms with Gasteiger partial charge in [-0.2, -0.15) is 4.68 Å². The second kappa shape index (κ2) is 4.06. The zero-order valence-corrected chi connectivity index (χ0v) is 11.0. The Morgan fingerprint density at radius 3 is 2.39 bits per heavy atom. The van der Waals surface area contributed by atoms with Gasteiger partial charge in [0.05, 0.1) is 0 Å². The van der Waals surface area contributed by atoms with Crippen molar-refractivity contribution in [1.29, 1.82) is 0 Å².